The molecule has 0 aliphatic heterocycles. The first kappa shape index (κ1) is 15.5. The average Bonchev–Trinajstić information content (AvgIpc) is 2.33. The number of hydrogen-bond donors (Lipinski definition) is 0. The van der Waals surface area contributed by atoms with Gasteiger partial charge in [0, 0.05) is 25.8 Å². The van der Waals surface area contributed by atoms with E-state index in [1.807, 2.05) is 0 Å². The summed E-state index contributed by atoms with van der Waals surface area (Å²) < 4.78 is 0. The zero-order chi connectivity index (χ0) is 6.10. The van der Waals surface area contributed by atoms with Crippen LogP contribution >= 0.6 is 0 Å². The maximum Gasteiger partial charge on any atom is 0 e. The van der Waals surface area contributed by atoms with Gasteiger partial charge >= 0.3 is 0 Å². The summed E-state index contributed by atoms with van der Waals surface area (Å²) in [4.78, 5) is 0. The molecule has 0 aromatic carbocycles. The van der Waals surface area contributed by atoms with Crippen molar-refractivity contribution < 1.29 is 55.2 Å². The number of hydrogen-bond acceptors (Lipinski definition) is 0. The van der Waals surface area contributed by atoms with Gasteiger partial charge in [-0.3, -0.25) is 0 Å². The molecule has 2 aliphatic carbocycles. The average molecular weight is 413 g/mol. The summed E-state index contributed by atoms with van der Waals surface area (Å²) in [6, 6.07) is 0. The third kappa shape index (κ3) is 3.39. The van der Waals surface area contributed by atoms with Gasteiger partial charge in [0.15, 0.2) is 0 Å². The van der Waals surface area contributed by atoms with Crippen molar-refractivity contribution in [3.8, 4) is 0 Å². The van der Waals surface area contributed by atoms with E-state index in [9.17, 15) is 0 Å². The number of halogens is 2. The van der Waals surface area contributed by atoms with Gasteiger partial charge in [0.05, 0.1) is 0 Å². The molecule has 1 saturated carbocycles. The fourth-order valence-electron chi connectivity index (χ4n) is 1.66. The van der Waals surface area contributed by atoms with Gasteiger partial charge in [-0.15, -0.1) is 18.6 Å². The van der Waals surface area contributed by atoms with E-state index in [1.54, 1.807) is 5.57 Å². The van der Waals surface area contributed by atoms with E-state index in [0.29, 0.717) is 0 Å². The zero-order valence-corrected chi connectivity index (χ0v) is 12.7. The van der Waals surface area contributed by atoms with Gasteiger partial charge in [-0.2, -0.15) is 0 Å². The molecule has 0 bridgehead atoms. The summed E-state index contributed by atoms with van der Waals surface area (Å²) in [6.45, 7) is 0. The molecule has 1 unspecified atom stereocenters. The van der Waals surface area contributed by atoms with Gasteiger partial charge in [0.2, 0.25) is 0 Å². The molecule has 2 rings (SSSR count). The van der Waals surface area contributed by atoms with Crippen LogP contribution in [0.15, 0.2) is 23.8 Å². The number of fused-ring (bicyclic) bond motifs is 1. The molecular formula is C9H11BrClHf-3. The largest absolute Gasteiger partial charge is 1.00 e. The smallest absolute Gasteiger partial charge is 0 e. The van der Waals surface area contributed by atoms with E-state index in [2.05, 4.69) is 24.6 Å². The van der Waals surface area contributed by atoms with Crippen LogP contribution in [0.25, 0.3) is 0 Å². The van der Waals surface area contributed by atoms with E-state index >= 15 is 0 Å². The second-order valence-electron chi connectivity index (χ2n) is 2.81. The Morgan fingerprint density at radius 1 is 1.42 bits per heavy atom. The summed E-state index contributed by atoms with van der Waals surface area (Å²) in [5, 5.41) is 0. The van der Waals surface area contributed by atoms with E-state index in [-0.39, 0.29) is 55.2 Å². The van der Waals surface area contributed by atoms with Crippen LogP contribution in [0.5, 0.6) is 0 Å². The fourth-order valence-corrected chi connectivity index (χ4v) is 1.66. The quantitative estimate of drug-likeness (QED) is 0.286. The van der Waals surface area contributed by atoms with Crippen LogP contribution in [0.3, 0.4) is 0 Å². The van der Waals surface area contributed by atoms with Crippen molar-refractivity contribution in [3.05, 3.63) is 30.2 Å². The molecule has 0 amide bonds. The first-order chi connectivity index (χ1) is 4.47. The number of rotatable bonds is 0. The Morgan fingerprint density at radius 3 is 2.83 bits per heavy atom. The molecule has 68 valence electrons. The molecule has 0 heterocycles. The Hall–Kier alpha value is 0.990. The van der Waals surface area contributed by atoms with Crippen molar-refractivity contribution in [2.24, 2.45) is 5.92 Å². The molecule has 0 nitrogen and oxygen atoms in total. The van der Waals surface area contributed by atoms with Gasteiger partial charge in [-0.25, -0.2) is 18.1 Å². The van der Waals surface area contributed by atoms with Crippen LogP contribution in [0.4, 0.5) is 0 Å². The third-order valence-corrected chi connectivity index (χ3v) is 2.21. The third-order valence-electron chi connectivity index (χ3n) is 2.21. The van der Waals surface area contributed by atoms with E-state index in [4.69, 9.17) is 0 Å². The Kier molecular flexibility index (Phi) is 9.53. The predicted molar refractivity (Wildman–Crippen MR) is 38.9 cm³/mol. The Balaban J connectivity index is 0. The van der Waals surface area contributed by atoms with Crippen molar-refractivity contribution in [3.63, 3.8) is 0 Å². The van der Waals surface area contributed by atoms with Crippen LogP contribution in [0.1, 0.15) is 19.3 Å². The van der Waals surface area contributed by atoms with Crippen LogP contribution < -0.4 is 29.4 Å². The second-order valence-corrected chi connectivity index (χ2v) is 2.81. The van der Waals surface area contributed by atoms with Crippen molar-refractivity contribution in [1.82, 2.24) is 0 Å². The summed E-state index contributed by atoms with van der Waals surface area (Å²) in [5.74, 6) is 0.884. The monoisotopic (exact) mass is 413 g/mol. The van der Waals surface area contributed by atoms with Gasteiger partial charge in [0.1, 0.15) is 0 Å². The molecular weight excluding hydrogens is 402 g/mol. The minimum absolute atomic E-state index is 0. The topological polar surface area (TPSA) is 0 Å². The molecule has 2 aliphatic rings. The fraction of sp³-hybridized carbons (Fsp3) is 0.444. The SMILES string of the molecule is C1=CCC2CC[CH-]C2=C1.[Br-].[Cl-].[Hf]. The normalized spacial score (nSPS) is 23.3. The predicted octanol–water partition coefficient (Wildman–Crippen LogP) is -3.51. The summed E-state index contributed by atoms with van der Waals surface area (Å²) >= 11 is 0. The van der Waals surface area contributed by atoms with E-state index in [1.165, 1.54) is 19.3 Å². The van der Waals surface area contributed by atoms with Gasteiger partial charge in [-0.05, 0) is 12.3 Å². The van der Waals surface area contributed by atoms with Crippen molar-refractivity contribution in [2.75, 3.05) is 0 Å². The molecule has 0 N–H and O–H groups in total. The van der Waals surface area contributed by atoms with Crippen molar-refractivity contribution in [2.45, 2.75) is 19.3 Å². The standard InChI is InChI=1S/C9H11.BrH.ClH.Hf/c1-2-5-9-7-3-6-8(9)4-1;;;/h1-2,4,6,9H,3,5,7H2;2*1H;/q-1;;;/p-2. The van der Waals surface area contributed by atoms with Crippen LogP contribution in [0.2, 0.25) is 0 Å². The molecule has 1 atom stereocenters. The molecule has 12 heavy (non-hydrogen) atoms. The molecule has 0 spiro atoms. The summed E-state index contributed by atoms with van der Waals surface area (Å²) in [5.41, 5.74) is 1.58. The molecule has 3 heteroatoms. The molecule has 0 aromatic rings. The molecule has 0 aromatic heterocycles. The summed E-state index contributed by atoms with van der Waals surface area (Å²) in [7, 11) is 0. The first-order valence-electron chi connectivity index (χ1n) is 3.67. The maximum absolute atomic E-state index is 2.37. The molecule has 0 saturated heterocycles. The summed E-state index contributed by atoms with van der Waals surface area (Å²) in [6.07, 6.45) is 13.0. The molecule has 0 radical (unpaired) electrons. The van der Waals surface area contributed by atoms with Crippen molar-refractivity contribution in [1.29, 1.82) is 0 Å². The first-order valence-corrected chi connectivity index (χ1v) is 3.67. The molecule has 1 fully saturated rings. The zero-order valence-electron chi connectivity index (χ0n) is 6.76. The van der Waals surface area contributed by atoms with Gasteiger partial charge in [0.25, 0.3) is 0 Å². The minimum atomic E-state index is 0. The van der Waals surface area contributed by atoms with Crippen LogP contribution in [-0.2, 0) is 25.8 Å². The number of allylic oxidation sites excluding steroid dienone is 4. The van der Waals surface area contributed by atoms with E-state index < -0.39 is 0 Å². The Morgan fingerprint density at radius 2 is 2.17 bits per heavy atom. The van der Waals surface area contributed by atoms with E-state index in [0.717, 1.165) is 5.92 Å². The van der Waals surface area contributed by atoms with Gasteiger partial charge in [-0.1, -0.05) is 6.42 Å². The minimum Gasteiger partial charge on any atom is -1.00 e. The van der Waals surface area contributed by atoms with Crippen LogP contribution in [0, 0.1) is 12.3 Å². The van der Waals surface area contributed by atoms with Gasteiger partial charge < -0.3 is 29.4 Å². The van der Waals surface area contributed by atoms with Crippen LogP contribution in [-0.4, -0.2) is 0 Å². The second kappa shape index (κ2) is 7.40. The maximum atomic E-state index is 2.37. The Bertz CT molecular complexity index is 177. The van der Waals surface area contributed by atoms with Crippen molar-refractivity contribution >= 4 is 0 Å². The Labute approximate surface area is 110 Å².